The van der Waals surface area contributed by atoms with Crippen LogP contribution in [0.1, 0.15) is 23.6 Å². The Labute approximate surface area is 151 Å². The Kier molecular flexibility index (Phi) is 5.13. The zero-order chi connectivity index (χ0) is 18.0. The third-order valence-electron chi connectivity index (χ3n) is 4.27. The molecule has 2 atom stereocenters. The summed E-state index contributed by atoms with van der Waals surface area (Å²) in [6.07, 6.45) is 0.480. The molecule has 0 aromatic heterocycles. The molecule has 0 spiro atoms. The number of rotatable bonds is 4. The van der Waals surface area contributed by atoms with Crippen LogP contribution in [0.25, 0.3) is 0 Å². The van der Waals surface area contributed by atoms with E-state index >= 15 is 0 Å². The lowest BCUT2D eigenvalue weighted by molar-refractivity contribution is -0.117. The summed E-state index contributed by atoms with van der Waals surface area (Å²) in [7, 11) is 1.56. The number of hydrogen-bond donors (Lipinski definition) is 4. The number of phenolic OH excluding ortho intramolecular Hbond substituents is 1. The Bertz CT molecular complexity index is 797. The number of aromatic hydroxyl groups is 1. The van der Waals surface area contributed by atoms with E-state index in [4.69, 9.17) is 16.3 Å². The van der Waals surface area contributed by atoms with Gasteiger partial charge in [-0.3, -0.25) is 4.79 Å². The summed E-state index contributed by atoms with van der Waals surface area (Å²) < 4.78 is 5.24. The van der Waals surface area contributed by atoms with Crippen LogP contribution in [0.2, 0.25) is 5.02 Å². The number of carbonyl (C=O) groups excluding carboxylic acids is 1. The number of benzene rings is 2. The number of ether oxygens (including phenoxy) is 1. The first-order valence-electron chi connectivity index (χ1n) is 7.93. The highest BCUT2D eigenvalue weighted by Crippen LogP contribution is 2.34. The number of hydrazine groups is 1. The molecule has 1 aliphatic heterocycles. The number of carbonyl (C=O) groups is 1. The summed E-state index contributed by atoms with van der Waals surface area (Å²) in [4.78, 5) is 12.5. The minimum Gasteiger partial charge on any atom is -0.508 e. The lowest BCUT2D eigenvalue weighted by Crippen LogP contribution is -2.39. The predicted molar refractivity (Wildman–Crippen MR) is 96.9 cm³/mol. The van der Waals surface area contributed by atoms with Crippen molar-refractivity contribution >= 4 is 23.2 Å². The van der Waals surface area contributed by atoms with E-state index in [0.717, 1.165) is 5.56 Å². The van der Waals surface area contributed by atoms with Crippen LogP contribution in [-0.2, 0) is 4.79 Å². The molecule has 2 unspecified atom stereocenters. The lowest BCUT2D eigenvalue weighted by Gasteiger charge is -2.14. The van der Waals surface area contributed by atoms with Gasteiger partial charge in [-0.25, -0.2) is 10.9 Å². The van der Waals surface area contributed by atoms with Gasteiger partial charge in [-0.1, -0.05) is 23.7 Å². The number of anilines is 1. The summed E-state index contributed by atoms with van der Waals surface area (Å²) in [5, 5.41) is 13.6. The molecule has 1 aliphatic rings. The van der Waals surface area contributed by atoms with Crippen LogP contribution in [-0.4, -0.2) is 24.2 Å². The average Bonchev–Trinajstić information content (AvgIpc) is 3.08. The number of phenols is 1. The standard InChI is InChI=1S/C18H20ClN3O3/c1-10-7-16(23)11(8-12(10)19)14-9-15(22-21-14)18(24)20-13-5-3-4-6-17(13)25-2/h3-8,14-15,21-23H,9H2,1-2H3,(H,20,24). The smallest absolute Gasteiger partial charge is 0.243 e. The Morgan fingerprint density at radius 1 is 1.32 bits per heavy atom. The zero-order valence-electron chi connectivity index (χ0n) is 14.0. The Morgan fingerprint density at radius 3 is 2.84 bits per heavy atom. The summed E-state index contributed by atoms with van der Waals surface area (Å²) >= 11 is 6.15. The number of methoxy groups -OCH3 is 1. The molecular formula is C18H20ClN3O3. The van der Waals surface area contributed by atoms with Gasteiger partial charge in [0.1, 0.15) is 17.5 Å². The predicted octanol–water partition coefficient (Wildman–Crippen LogP) is 2.91. The Balaban J connectivity index is 1.70. The zero-order valence-corrected chi connectivity index (χ0v) is 14.7. The van der Waals surface area contributed by atoms with Crippen molar-refractivity contribution in [2.24, 2.45) is 0 Å². The third-order valence-corrected chi connectivity index (χ3v) is 4.68. The van der Waals surface area contributed by atoms with Crippen LogP contribution in [0.15, 0.2) is 36.4 Å². The molecule has 1 amide bonds. The van der Waals surface area contributed by atoms with Crippen LogP contribution in [0.3, 0.4) is 0 Å². The van der Waals surface area contributed by atoms with Gasteiger partial charge in [-0.15, -0.1) is 0 Å². The first-order chi connectivity index (χ1) is 12.0. The fourth-order valence-electron chi connectivity index (χ4n) is 2.86. The maximum absolute atomic E-state index is 12.5. The van der Waals surface area contributed by atoms with E-state index in [0.29, 0.717) is 28.4 Å². The van der Waals surface area contributed by atoms with E-state index < -0.39 is 6.04 Å². The molecule has 1 heterocycles. The van der Waals surface area contributed by atoms with Gasteiger partial charge < -0.3 is 15.2 Å². The van der Waals surface area contributed by atoms with Crippen molar-refractivity contribution in [3.8, 4) is 11.5 Å². The maximum Gasteiger partial charge on any atom is 0.243 e. The lowest BCUT2D eigenvalue weighted by atomic mass is 9.99. The molecule has 0 bridgehead atoms. The number of halogens is 1. The van der Waals surface area contributed by atoms with Gasteiger partial charge >= 0.3 is 0 Å². The molecule has 3 rings (SSSR count). The van der Waals surface area contributed by atoms with Crippen molar-refractivity contribution in [2.45, 2.75) is 25.4 Å². The third kappa shape index (κ3) is 3.71. The SMILES string of the molecule is COc1ccccc1NC(=O)C1CC(c2cc(Cl)c(C)cc2O)NN1. The Hall–Kier alpha value is -2.28. The quantitative estimate of drug-likeness (QED) is 0.673. The van der Waals surface area contributed by atoms with Gasteiger partial charge in [0.15, 0.2) is 0 Å². The molecule has 4 N–H and O–H groups in total. The molecule has 132 valence electrons. The topological polar surface area (TPSA) is 82.6 Å². The fraction of sp³-hybridized carbons (Fsp3) is 0.278. The fourth-order valence-corrected chi connectivity index (χ4v) is 3.03. The van der Waals surface area contributed by atoms with Crippen molar-refractivity contribution in [1.82, 2.24) is 10.9 Å². The van der Waals surface area contributed by atoms with Crippen LogP contribution < -0.4 is 20.9 Å². The normalized spacial score (nSPS) is 19.6. The van der Waals surface area contributed by atoms with E-state index in [1.807, 2.05) is 19.1 Å². The number of para-hydroxylation sites is 2. The first kappa shape index (κ1) is 17.5. The monoisotopic (exact) mass is 361 g/mol. The molecule has 0 radical (unpaired) electrons. The van der Waals surface area contributed by atoms with Crippen molar-refractivity contribution in [3.05, 3.63) is 52.5 Å². The maximum atomic E-state index is 12.5. The molecule has 0 aliphatic carbocycles. The summed E-state index contributed by atoms with van der Waals surface area (Å²) in [6.45, 7) is 1.83. The second kappa shape index (κ2) is 7.31. The van der Waals surface area contributed by atoms with Gasteiger partial charge in [0.25, 0.3) is 0 Å². The molecule has 1 saturated heterocycles. The second-order valence-electron chi connectivity index (χ2n) is 5.98. The van der Waals surface area contributed by atoms with Crippen LogP contribution in [0.4, 0.5) is 5.69 Å². The first-order valence-corrected chi connectivity index (χ1v) is 8.31. The van der Waals surface area contributed by atoms with Gasteiger partial charge in [0.2, 0.25) is 5.91 Å². The van der Waals surface area contributed by atoms with Gasteiger partial charge in [0, 0.05) is 10.6 Å². The Morgan fingerprint density at radius 2 is 2.08 bits per heavy atom. The van der Waals surface area contributed by atoms with Crippen molar-refractivity contribution in [2.75, 3.05) is 12.4 Å². The molecule has 2 aromatic rings. The molecule has 6 nitrogen and oxygen atoms in total. The number of hydrogen-bond acceptors (Lipinski definition) is 5. The van der Waals surface area contributed by atoms with E-state index in [2.05, 4.69) is 16.2 Å². The van der Waals surface area contributed by atoms with E-state index in [9.17, 15) is 9.90 Å². The largest absolute Gasteiger partial charge is 0.508 e. The average molecular weight is 362 g/mol. The summed E-state index contributed by atoms with van der Waals surface area (Å²) in [5.74, 6) is 0.575. The van der Waals surface area contributed by atoms with E-state index in [-0.39, 0.29) is 17.7 Å². The molecule has 25 heavy (non-hydrogen) atoms. The summed E-state index contributed by atoms with van der Waals surface area (Å²) in [5.41, 5.74) is 8.09. The summed E-state index contributed by atoms with van der Waals surface area (Å²) in [6, 6.07) is 9.92. The van der Waals surface area contributed by atoms with Crippen molar-refractivity contribution < 1.29 is 14.6 Å². The molecule has 0 saturated carbocycles. The molecule has 1 fully saturated rings. The van der Waals surface area contributed by atoms with Crippen LogP contribution in [0.5, 0.6) is 11.5 Å². The van der Waals surface area contributed by atoms with E-state index in [1.165, 1.54) is 0 Å². The molecular weight excluding hydrogens is 342 g/mol. The molecule has 7 heteroatoms. The number of nitrogens with one attached hydrogen (secondary N) is 3. The van der Waals surface area contributed by atoms with E-state index in [1.54, 1.807) is 31.4 Å². The number of aryl methyl sites for hydroxylation is 1. The minimum atomic E-state index is -0.450. The second-order valence-corrected chi connectivity index (χ2v) is 6.39. The minimum absolute atomic E-state index is 0.159. The van der Waals surface area contributed by atoms with Crippen LogP contribution in [0, 0.1) is 6.92 Å². The highest BCUT2D eigenvalue weighted by Gasteiger charge is 2.32. The van der Waals surface area contributed by atoms with Gasteiger partial charge in [0.05, 0.1) is 18.8 Å². The molecule has 2 aromatic carbocycles. The van der Waals surface area contributed by atoms with Crippen molar-refractivity contribution in [3.63, 3.8) is 0 Å². The number of amides is 1. The van der Waals surface area contributed by atoms with Crippen molar-refractivity contribution in [1.29, 1.82) is 0 Å². The van der Waals surface area contributed by atoms with Gasteiger partial charge in [-0.2, -0.15) is 0 Å². The highest BCUT2D eigenvalue weighted by molar-refractivity contribution is 6.31. The van der Waals surface area contributed by atoms with Gasteiger partial charge in [-0.05, 0) is 43.2 Å². The highest BCUT2D eigenvalue weighted by atomic mass is 35.5. The van der Waals surface area contributed by atoms with Crippen LogP contribution >= 0.6 is 11.6 Å².